The van der Waals surface area contributed by atoms with Gasteiger partial charge < -0.3 is 4.74 Å². The molecule has 1 aromatic heterocycles. The van der Waals surface area contributed by atoms with E-state index in [1.807, 2.05) is 0 Å². The van der Waals surface area contributed by atoms with Gasteiger partial charge in [-0.05, 0) is 52.5 Å². The number of halogens is 3. The van der Waals surface area contributed by atoms with Gasteiger partial charge in [-0.1, -0.05) is 0 Å². The largest absolute Gasteiger partial charge is 0.573 e. The first-order chi connectivity index (χ1) is 13.6. The molecule has 29 heavy (non-hydrogen) atoms. The summed E-state index contributed by atoms with van der Waals surface area (Å²) in [5, 5.41) is 33.0. The van der Waals surface area contributed by atoms with Gasteiger partial charge in [0.15, 0.2) is 0 Å². The Hall–Kier alpha value is -3.75. The highest BCUT2D eigenvalue weighted by Gasteiger charge is 2.31. The Morgan fingerprint density at radius 2 is 1.72 bits per heavy atom. The van der Waals surface area contributed by atoms with Crippen LogP contribution in [0.1, 0.15) is 0 Å². The smallest absolute Gasteiger partial charge is 0.406 e. The van der Waals surface area contributed by atoms with Crippen molar-refractivity contribution in [2.75, 3.05) is 0 Å². The predicted molar refractivity (Wildman–Crippen MR) is 89.7 cm³/mol. The third kappa shape index (κ3) is 4.75. The Kier molecular flexibility index (Phi) is 5.31. The monoisotopic (exact) mass is 428 g/mol. The van der Waals surface area contributed by atoms with Crippen LogP contribution in [0.25, 0.3) is 5.69 Å². The summed E-state index contributed by atoms with van der Waals surface area (Å²) in [6.45, 7) is 0. The molecule has 0 aliphatic rings. The maximum atomic E-state index is 12.2. The van der Waals surface area contributed by atoms with Crippen molar-refractivity contribution in [3.05, 3.63) is 62.7 Å². The molecule has 1 heterocycles. The van der Waals surface area contributed by atoms with Crippen LogP contribution in [0.15, 0.2) is 52.5 Å². The first kappa shape index (κ1) is 20.0. The Morgan fingerprint density at radius 3 is 2.31 bits per heavy atom. The van der Waals surface area contributed by atoms with Gasteiger partial charge in [0.25, 0.3) is 11.4 Å². The number of non-ortho nitro benzene ring substituents is 1. The van der Waals surface area contributed by atoms with Crippen molar-refractivity contribution in [1.29, 1.82) is 0 Å². The Balaban J connectivity index is 1.90. The average Bonchev–Trinajstić information content (AvgIpc) is 3.09. The molecule has 0 fully saturated rings. The molecule has 0 unspecified atom stereocenters. The van der Waals surface area contributed by atoms with Gasteiger partial charge in [0, 0.05) is 6.07 Å². The first-order valence-corrected chi connectivity index (χ1v) is 8.21. The average molecular weight is 428 g/mol. The molecule has 0 bridgehead atoms. The predicted octanol–water partition coefficient (Wildman–Crippen LogP) is 3.53. The van der Waals surface area contributed by atoms with E-state index in [9.17, 15) is 33.4 Å². The number of ether oxygens (including phenoxy) is 1. The molecule has 150 valence electrons. The fourth-order valence-corrected chi connectivity index (χ4v) is 3.02. The SMILES string of the molecule is O=[N+]([O-])c1ccc(Sc2nnnn2-c2ccc(OC(F)(F)F)cc2)c([N+](=O)[O-])c1. The number of benzene rings is 2. The van der Waals surface area contributed by atoms with E-state index < -0.39 is 33.3 Å². The lowest BCUT2D eigenvalue weighted by molar-refractivity contribution is -0.396. The van der Waals surface area contributed by atoms with Crippen molar-refractivity contribution in [2.24, 2.45) is 0 Å². The van der Waals surface area contributed by atoms with Crippen LogP contribution in [-0.4, -0.2) is 36.4 Å². The number of hydrogen-bond acceptors (Lipinski definition) is 9. The molecule has 3 aromatic rings. The molecule has 0 aliphatic carbocycles. The van der Waals surface area contributed by atoms with E-state index in [-0.39, 0.29) is 15.7 Å². The second kappa shape index (κ2) is 7.70. The van der Waals surface area contributed by atoms with E-state index in [0.717, 1.165) is 40.7 Å². The molecule has 0 saturated heterocycles. The lowest BCUT2D eigenvalue weighted by atomic mass is 10.3. The van der Waals surface area contributed by atoms with Crippen LogP contribution in [0.2, 0.25) is 0 Å². The van der Waals surface area contributed by atoms with E-state index in [2.05, 4.69) is 20.3 Å². The van der Waals surface area contributed by atoms with Crippen LogP contribution in [0.4, 0.5) is 24.5 Å². The summed E-state index contributed by atoms with van der Waals surface area (Å²) in [6.07, 6.45) is -4.84. The molecule has 2 aromatic carbocycles. The molecule has 0 saturated carbocycles. The minimum atomic E-state index is -4.84. The van der Waals surface area contributed by atoms with Crippen LogP contribution in [0.5, 0.6) is 5.75 Å². The van der Waals surface area contributed by atoms with Gasteiger partial charge in [-0.3, -0.25) is 20.2 Å². The molecule has 0 N–H and O–H groups in total. The van der Waals surface area contributed by atoms with Gasteiger partial charge in [0.2, 0.25) is 5.16 Å². The second-order valence-electron chi connectivity index (χ2n) is 5.18. The normalized spacial score (nSPS) is 11.3. The summed E-state index contributed by atoms with van der Waals surface area (Å²) in [5.74, 6) is -0.450. The molecule has 0 aliphatic heterocycles. The number of nitro groups is 2. The number of hydrogen-bond donors (Lipinski definition) is 0. The lowest BCUT2D eigenvalue weighted by Crippen LogP contribution is -2.17. The van der Waals surface area contributed by atoms with Crippen molar-refractivity contribution < 1.29 is 27.8 Å². The van der Waals surface area contributed by atoms with Crippen LogP contribution < -0.4 is 4.74 Å². The van der Waals surface area contributed by atoms with E-state index in [1.54, 1.807) is 0 Å². The fraction of sp³-hybridized carbons (Fsp3) is 0.0714. The molecule has 0 atom stereocenters. The van der Waals surface area contributed by atoms with Crippen molar-refractivity contribution >= 4 is 23.1 Å². The highest BCUT2D eigenvalue weighted by Crippen LogP contribution is 2.36. The number of tetrazole rings is 1. The lowest BCUT2D eigenvalue weighted by Gasteiger charge is -2.09. The van der Waals surface area contributed by atoms with Gasteiger partial charge in [-0.15, -0.1) is 18.3 Å². The van der Waals surface area contributed by atoms with E-state index in [1.165, 1.54) is 18.2 Å². The molecule has 11 nitrogen and oxygen atoms in total. The zero-order chi connectivity index (χ0) is 21.2. The number of rotatable bonds is 6. The third-order valence-electron chi connectivity index (χ3n) is 3.31. The minimum absolute atomic E-state index is 0.0358. The Morgan fingerprint density at radius 1 is 1.03 bits per heavy atom. The summed E-state index contributed by atoms with van der Waals surface area (Å²) in [4.78, 5) is 20.5. The quantitative estimate of drug-likeness (QED) is 0.426. The zero-order valence-corrected chi connectivity index (χ0v) is 14.6. The van der Waals surface area contributed by atoms with Crippen molar-refractivity contribution in [2.45, 2.75) is 16.4 Å². The summed E-state index contributed by atoms with van der Waals surface area (Å²) >= 11 is 0.757. The second-order valence-corrected chi connectivity index (χ2v) is 6.19. The van der Waals surface area contributed by atoms with E-state index in [4.69, 9.17) is 0 Å². The molecular weight excluding hydrogens is 421 g/mol. The fourth-order valence-electron chi connectivity index (χ4n) is 2.14. The highest BCUT2D eigenvalue weighted by molar-refractivity contribution is 7.99. The summed E-state index contributed by atoms with van der Waals surface area (Å²) in [5.41, 5.74) is -0.717. The topological polar surface area (TPSA) is 139 Å². The van der Waals surface area contributed by atoms with E-state index in [0.29, 0.717) is 0 Å². The number of alkyl halides is 3. The Bertz CT molecular complexity index is 1070. The third-order valence-corrected chi connectivity index (χ3v) is 4.31. The zero-order valence-electron chi connectivity index (χ0n) is 13.8. The van der Waals surface area contributed by atoms with Crippen LogP contribution >= 0.6 is 11.8 Å². The molecule has 0 radical (unpaired) electrons. The van der Waals surface area contributed by atoms with Gasteiger partial charge >= 0.3 is 6.36 Å². The molecule has 0 spiro atoms. The maximum absolute atomic E-state index is 12.2. The van der Waals surface area contributed by atoms with Gasteiger partial charge in [0.1, 0.15) is 5.75 Å². The van der Waals surface area contributed by atoms with Gasteiger partial charge in [0.05, 0.1) is 26.5 Å². The molecule has 15 heteroatoms. The van der Waals surface area contributed by atoms with Crippen LogP contribution in [0.3, 0.4) is 0 Å². The summed E-state index contributed by atoms with van der Waals surface area (Å²) < 4.78 is 41.6. The minimum Gasteiger partial charge on any atom is -0.406 e. The number of nitrogens with zero attached hydrogens (tertiary/aromatic N) is 6. The van der Waals surface area contributed by atoms with E-state index >= 15 is 0 Å². The summed E-state index contributed by atoms with van der Waals surface area (Å²) in [6, 6.07) is 7.69. The molecule has 3 rings (SSSR count). The van der Waals surface area contributed by atoms with Crippen molar-refractivity contribution in [3.8, 4) is 11.4 Å². The van der Waals surface area contributed by atoms with Crippen molar-refractivity contribution in [3.63, 3.8) is 0 Å². The van der Waals surface area contributed by atoms with Gasteiger partial charge in [-0.25, -0.2) is 0 Å². The number of nitro benzene ring substituents is 2. The van der Waals surface area contributed by atoms with Gasteiger partial charge in [-0.2, -0.15) is 4.68 Å². The Labute approximate surface area is 162 Å². The standard InChI is InChI=1S/C14H7F3N6O5S/c15-14(16,17)28-10-4-1-8(2-5-10)21-13(18-19-20-21)29-12-6-3-9(22(24)25)7-11(12)23(26)27/h1-7H. The van der Waals surface area contributed by atoms with Crippen molar-refractivity contribution in [1.82, 2.24) is 20.2 Å². The molecular formula is C14H7F3N6O5S. The highest BCUT2D eigenvalue weighted by atomic mass is 32.2. The maximum Gasteiger partial charge on any atom is 0.573 e. The summed E-state index contributed by atoms with van der Waals surface area (Å²) in [7, 11) is 0. The molecule has 0 amide bonds. The number of aromatic nitrogens is 4. The first-order valence-electron chi connectivity index (χ1n) is 7.39. The van der Waals surface area contributed by atoms with Crippen LogP contribution in [-0.2, 0) is 0 Å². The van der Waals surface area contributed by atoms with Crippen LogP contribution in [0, 0.1) is 20.2 Å².